The van der Waals surface area contributed by atoms with Crippen molar-refractivity contribution in [3.63, 3.8) is 0 Å². The molecule has 0 aliphatic heterocycles. The van der Waals surface area contributed by atoms with Crippen LogP contribution in [-0.4, -0.2) is 52.7 Å². The van der Waals surface area contributed by atoms with E-state index < -0.39 is 17.4 Å². The number of hydrogen-bond acceptors (Lipinski definition) is 4. The van der Waals surface area contributed by atoms with Crippen molar-refractivity contribution in [3.8, 4) is 0 Å². The van der Waals surface area contributed by atoms with Crippen LogP contribution in [0.5, 0.6) is 0 Å². The molecular weight excluding hydrogens is 320 g/mol. The van der Waals surface area contributed by atoms with Gasteiger partial charge in [0.2, 0.25) is 5.91 Å². The molecule has 23 heavy (non-hydrogen) atoms. The second-order valence-electron chi connectivity index (χ2n) is 5.59. The van der Waals surface area contributed by atoms with Gasteiger partial charge in [0.1, 0.15) is 11.1 Å². The second-order valence-corrected chi connectivity index (χ2v) is 6.24. The highest BCUT2D eigenvalue weighted by Gasteiger charge is 2.31. The van der Waals surface area contributed by atoms with E-state index in [1.54, 1.807) is 46.4 Å². The predicted octanol–water partition coefficient (Wildman–Crippen LogP) is 2.09. The van der Waals surface area contributed by atoms with E-state index in [9.17, 15) is 14.4 Å². The van der Waals surface area contributed by atoms with Gasteiger partial charge in [0, 0.05) is 25.4 Å². The summed E-state index contributed by atoms with van der Waals surface area (Å²) in [6.07, 6.45) is 0. The predicted molar refractivity (Wildman–Crippen MR) is 88.1 cm³/mol. The first-order chi connectivity index (χ1) is 10.6. The minimum absolute atomic E-state index is 0.237. The van der Waals surface area contributed by atoms with Gasteiger partial charge in [0.25, 0.3) is 0 Å². The number of methoxy groups -OCH3 is 1. The summed E-state index contributed by atoms with van der Waals surface area (Å²) in [5, 5.41) is -0.709. The molecule has 6 nitrogen and oxygen atoms in total. The van der Waals surface area contributed by atoms with Gasteiger partial charge in [-0.2, -0.15) is 0 Å². The number of nitrogens with zero attached hydrogens (tertiary/aromatic N) is 2. The first-order valence-electron chi connectivity index (χ1n) is 7.25. The smallest absolute Gasteiger partial charge is 0.354 e. The number of esters is 1. The molecule has 1 amide bonds. The number of ketones is 1. The topological polar surface area (TPSA) is 68.6 Å². The van der Waals surface area contributed by atoms with Crippen LogP contribution in [0, 0.1) is 13.8 Å². The largest absolute Gasteiger partial charge is 0.464 e. The number of carbonyl (C=O) groups is 3. The Hall–Kier alpha value is -1.82. The van der Waals surface area contributed by atoms with Crippen molar-refractivity contribution < 1.29 is 19.1 Å². The molecule has 0 N–H and O–H groups in total. The van der Waals surface area contributed by atoms with Crippen molar-refractivity contribution in [3.05, 3.63) is 22.5 Å². The summed E-state index contributed by atoms with van der Waals surface area (Å²) in [4.78, 5) is 38.0. The van der Waals surface area contributed by atoms with Crippen molar-refractivity contribution >= 4 is 29.3 Å². The molecule has 1 heterocycles. The van der Waals surface area contributed by atoms with E-state index in [1.807, 2.05) is 0 Å². The van der Waals surface area contributed by atoms with Crippen molar-refractivity contribution in [1.29, 1.82) is 0 Å². The lowest BCUT2D eigenvalue weighted by atomic mass is 10.00. The van der Waals surface area contributed by atoms with E-state index in [0.29, 0.717) is 22.5 Å². The number of aromatic nitrogens is 1. The maximum atomic E-state index is 12.8. The Kier molecular flexibility index (Phi) is 5.99. The standard InChI is InChI=1S/C16H23ClN2O4/c1-8-12(10(3)18(5)13(8)16(22)23-7)14(20)11(4)19(6)15(21)9(2)17/h9,11H,1-7H3. The first-order valence-corrected chi connectivity index (χ1v) is 7.68. The molecule has 0 spiro atoms. The van der Waals surface area contributed by atoms with E-state index in [0.717, 1.165) is 0 Å². The third kappa shape index (κ3) is 3.42. The Balaban J connectivity index is 3.29. The molecule has 0 radical (unpaired) electrons. The van der Waals surface area contributed by atoms with Gasteiger partial charge in [-0.1, -0.05) is 0 Å². The molecule has 1 aromatic rings. The number of carbonyl (C=O) groups excluding carboxylic acids is 3. The Bertz CT molecular complexity index is 649. The monoisotopic (exact) mass is 342 g/mol. The van der Waals surface area contributed by atoms with E-state index >= 15 is 0 Å². The summed E-state index contributed by atoms with van der Waals surface area (Å²) in [7, 11) is 4.53. The molecule has 0 fully saturated rings. The van der Waals surface area contributed by atoms with Gasteiger partial charge in [-0.25, -0.2) is 4.79 Å². The summed E-state index contributed by atoms with van der Waals surface area (Å²) in [6.45, 7) is 6.66. The highest BCUT2D eigenvalue weighted by molar-refractivity contribution is 6.30. The summed E-state index contributed by atoms with van der Waals surface area (Å²) in [6, 6.07) is -0.686. The van der Waals surface area contributed by atoms with Gasteiger partial charge < -0.3 is 14.2 Å². The SMILES string of the molecule is COC(=O)c1c(C)c(C(=O)C(C)N(C)C(=O)C(C)Cl)c(C)n1C. The van der Waals surface area contributed by atoms with E-state index in [-0.39, 0.29) is 11.7 Å². The van der Waals surface area contributed by atoms with Gasteiger partial charge in [-0.3, -0.25) is 9.59 Å². The Morgan fingerprint density at radius 3 is 2.17 bits per heavy atom. The zero-order valence-electron chi connectivity index (χ0n) is 14.6. The van der Waals surface area contributed by atoms with E-state index in [4.69, 9.17) is 16.3 Å². The van der Waals surface area contributed by atoms with Gasteiger partial charge in [0.05, 0.1) is 13.2 Å². The molecule has 0 aliphatic carbocycles. The zero-order chi connectivity index (χ0) is 18.1. The Labute approximate surface area is 141 Å². The maximum Gasteiger partial charge on any atom is 0.354 e. The molecule has 1 rings (SSSR count). The highest BCUT2D eigenvalue weighted by atomic mass is 35.5. The number of amides is 1. The average Bonchev–Trinajstić information content (AvgIpc) is 2.73. The number of hydrogen-bond donors (Lipinski definition) is 0. The quantitative estimate of drug-likeness (QED) is 0.467. The van der Waals surface area contributed by atoms with Crippen molar-refractivity contribution in [2.75, 3.05) is 14.2 Å². The summed E-state index contributed by atoms with van der Waals surface area (Å²) in [5.41, 5.74) is 1.97. The van der Waals surface area contributed by atoms with Crippen LogP contribution in [0.3, 0.4) is 0 Å². The van der Waals surface area contributed by atoms with E-state index in [1.165, 1.54) is 12.0 Å². The Morgan fingerprint density at radius 1 is 1.22 bits per heavy atom. The third-order valence-electron chi connectivity index (χ3n) is 4.20. The number of alkyl halides is 1. The van der Waals surface area contributed by atoms with Crippen LogP contribution in [0.25, 0.3) is 0 Å². The third-order valence-corrected chi connectivity index (χ3v) is 4.39. The first kappa shape index (κ1) is 19.2. The Morgan fingerprint density at radius 2 is 1.74 bits per heavy atom. The number of Topliss-reactive ketones (excluding diaryl/α,β-unsaturated/α-hetero) is 1. The lowest BCUT2D eigenvalue weighted by Crippen LogP contribution is -2.43. The minimum atomic E-state index is -0.709. The lowest BCUT2D eigenvalue weighted by molar-refractivity contribution is -0.130. The average molecular weight is 343 g/mol. The molecule has 0 aliphatic rings. The minimum Gasteiger partial charge on any atom is -0.464 e. The van der Waals surface area contributed by atoms with Crippen molar-refractivity contribution in [2.24, 2.45) is 7.05 Å². The molecular formula is C16H23ClN2O4. The molecule has 7 heteroatoms. The fourth-order valence-corrected chi connectivity index (χ4v) is 2.74. The molecule has 0 aromatic carbocycles. The summed E-state index contributed by atoms with van der Waals surface area (Å²) >= 11 is 5.80. The fourth-order valence-electron chi connectivity index (χ4n) is 2.58. The van der Waals surface area contributed by atoms with Crippen LogP contribution < -0.4 is 0 Å². The second kappa shape index (κ2) is 7.17. The van der Waals surface area contributed by atoms with Gasteiger partial charge >= 0.3 is 5.97 Å². The number of ether oxygens (including phenoxy) is 1. The van der Waals surface area contributed by atoms with Crippen molar-refractivity contribution in [1.82, 2.24) is 9.47 Å². The molecule has 128 valence electrons. The van der Waals surface area contributed by atoms with E-state index in [2.05, 4.69) is 0 Å². The molecule has 1 aromatic heterocycles. The van der Waals surface area contributed by atoms with Crippen LogP contribution in [0.4, 0.5) is 0 Å². The number of halogens is 1. The van der Waals surface area contributed by atoms with Crippen LogP contribution in [0.15, 0.2) is 0 Å². The molecule has 2 atom stereocenters. The summed E-state index contributed by atoms with van der Waals surface area (Å²) in [5.74, 6) is -1.07. The fraction of sp³-hybridized carbons (Fsp3) is 0.562. The maximum absolute atomic E-state index is 12.8. The number of likely N-dealkylation sites (N-methyl/N-ethyl adjacent to an activating group) is 1. The van der Waals surface area contributed by atoms with Crippen LogP contribution >= 0.6 is 11.6 Å². The van der Waals surface area contributed by atoms with Crippen LogP contribution in [0.1, 0.15) is 46.0 Å². The van der Waals surface area contributed by atoms with Gasteiger partial charge in [0.15, 0.2) is 5.78 Å². The normalized spacial score (nSPS) is 13.4. The van der Waals surface area contributed by atoms with Crippen LogP contribution in [-0.2, 0) is 16.6 Å². The molecule has 0 saturated heterocycles. The highest BCUT2D eigenvalue weighted by Crippen LogP contribution is 2.24. The molecule has 2 unspecified atom stereocenters. The van der Waals surface area contributed by atoms with Crippen molar-refractivity contribution in [2.45, 2.75) is 39.1 Å². The lowest BCUT2D eigenvalue weighted by Gasteiger charge is -2.25. The summed E-state index contributed by atoms with van der Waals surface area (Å²) < 4.78 is 6.40. The molecule has 0 bridgehead atoms. The molecule has 0 saturated carbocycles. The van der Waals surface area contributed by atoms with Gasteiger partial charge in [-0.15, -0.1) is 11.6 Å². The van der Waals surface area contributed by atoms with Crippen LogP contribution in [0.2, 0.25) is 0 Å². The van der Waals surface area contributed by atoms with Gasteiger partial charge in [-0.05, 0) is 33.3 Å². The number of rotatable bonds is 5. The zero-order valence-corrected chi connectivity index (χ0v) is 15.3.